The Hall–Kier alpha value is -2.50. The number of nitrogen functional groups attached to an aromatic ring is 1. The van der Waals surface area contributed by atoms with Crippen molar-refractivity contribution in [2.24, 2.45) is 0 Å². The molecular weight excluding hydrogens is 270 g/mol. The Morgan fingerprint density at radius 3 is 3.05 bits per heavy atom. The number of aromatic nitrogens is 2. The first kappa shape index (κ1) is 9.44. The molecule has 0 spiro atoms. The Morgan fingerprint density at radius 1 is 1.52 bits per heavy atom. The van der Waals surface area contributed by atoms with Crippen molar-refractivity contribution >= 4 is 28.2 Å². The van der Waals surface area contributed by atoms with Gasteiger partial charge in [0.05, 0.1) is 24.7 Å². The fourth-order valence-corrected chi connectivity index (χ4v) is 2.42. The van der Waals surface area contributed by atoms with Crippen LogP contribution in [0.3, 0.4) is 0 Å². The van der Waals surface area contributed by atoms with E-state index in [0.717, 1.165) is 4.57 Å². The summed E-state index contributed by atoms with van der Waals surface area (Å²) in [6.45, 7) is -0.493. The highest BCUT2D eigenvalue weighted by Gasteiger charge is 2.30. The van der Waals surface area contributed by atoms with E-state index in [1.54, 1.807) is 0 Å². The van der Waals surface area contributed by atoms with Crippen molar-refractivity contribution in [3.8, 4) is 0 Å². The maximum atomic E-state index is 13.0. The highest BCUT2D eigenvalue weighted by atomic mass is 16.2. The number of carbonyl (C=O) groups is 2. The molecule has 1 fully saturated rings. The summed E-state index contributed by atoms with van der Waals surface area (Å²) >= 11 is 0. The van der Waals surface area contributed by atoms with Crippen molar-refractivity contribution in [1.82, 2.24) is 9.55 Å². The lowest BCUT2D eigenvalue weighted by atomic mass is 9.92. The summed E-state index contributed by atoms with van der Waals surface area (Å²) in [5, 5.41) is -0.0924. The molecule has 0 bridgehead atoms. The van der Waals surface area contributed by atoms with Crippen LogP contribution in [0.2, 0.25) is 0 Å². The van der Waals surface area contributed by atoms with Crippen LogP contribution in [0.4, 0.5) is 5.69 Å². The molecule has 1 atom stereocenters. The minimum atomic E-state index is -2.27. The molecule has 1 aliphatic carbocycles. The summed E-state index contributed by atoms with van der Waals surface area (Å²) in [5.74, 6) is -1.42. The minimum absolute atomic E-state index is 0.00314. The number of rotatable bonds is 1. The van der Waals surface area contributed by atoms with Gasteiger partial charge in [-0.25, -0.2) is 4.98 Å². The van der Waals surface area contributed by atoms with E-state index >= 15 is 0 Å². The normalized spacial score (nSPS) is 24.3. The molecule has 0 amide bonds. The molecule has 2 N–H and O–H groups in total. The Labute approximate surface area is 126 Å². The SMILES string of the molecule is [2H]Cc1nc2c([2H])ccc(N)c2c(=O)n1C1C(=O)CC(=O)CC1([2H])[2H]. The van der Waals surface area contributed by atoms with Gasteiger partial charge in [-0.05, 0) is 25.4 Å². The van der Waals surface area contributed by atoms with Crippen molar-refractivity contribution in [2.45, 2.75) is 32.2 Å². The lowest BCUT2D eigenvalue weighted by Crippen LogP contribution is -2.36. The monoisotopic (exact) mass is 289 g/mol. The largest absolute Gasteiger partial charge is 0.398 e. The number of hydrogen-bond acceptors (Lipinski definition) is 5. The van der Waals surface area contributed by atoms with Crippen molar-refractivity contribution < 1.29 is 15.1 Å². The Balaban J connectivity index is 2.38. The van der Waals surface area contributed by atoms with E-state index in [1.807, 2.05) is 0 Å². The summed E-state index contributed by atoms with van der Waals surface area (Å²) in [7, 11) is 0. The fraction of sp³-hybridized carbons (Fsp3) is 0.333. The second-order valence-electron chi connectivity index (χ2n) is 4.83. The number of anilines is 1. The van der Waals surface area contributed by atoms with Crippen molar-refractivity contribution in [2.75, 3.05) is 5.73 Å². The maximum absolute atomic E-state index is 13.0. The summed E-state index contributed by atoms with van der Waals surface area (Å²) < 4.78 is 32.5. The number of fused-ring (bicyclic) bond motifs is 1. The zero-order valence-corrected chi connectivity index (χ0v) is 11.0. The van der Waals surface area contributed by atoms with Gasteiger partial charge >= 0.3 is 0 Å². The van der Waals surface area contributed by atoms with E-state index in [1.165, 1.54) is 12.1 Å². The minimum Gasteiger partial charge on any atom is -0.398 e. The average Bonchev–Trinajstić information content (AvgIpc) is 2.50. The zero-order valence-electron chi connectivity index (χ0n) is 15.0. The molecule has 0 saturated heterocycles. The smallest absolute Gasteiger partial charge is 0.264 e. The highest BCUT2D eigenvalue weighted by molar-refractivity contribution is 6.03. The Kier molecular flexibility index (Phi) is 2.16. The predicted octanol–water partition coefficient (Wildman–Crippen LogP) is 1.15. The van der Waals surface area contributed by atoms with E-state index < -0.39 is 49.3 Å². The summed E-state index contributed by atoms with van der Waals surface area (Å²) in [6.07, 6.45) is -3.25. The highest BCUT2D eigenvalue weighted by Crippen LogP contribution is 2.24. The van der Waals surface area contributed by atoms with Crippen LogP contribution in [0.1, 0.15) is 36.6 Å². The van der Waals surface area contributed by atoms with Crippen molar-refractivity contribution in [1.29, 1.82) is 0 Å². The average molecular weight is 289 g/mol. The van der Waals surface area contributed by atoms with E-state index in [0.29, 0.717) is 0 Å². The molecule has 6 heteroatoms. The van der Waals surface area contributed by atoms with Gasteiger partial charge in [0.25, 0.3) is 5.56 Å². The Morgan fingerprint density at radius 2 is 2.33 bits per heavy atom. The molecule has 1 heterocycles. The fourth-order valence-electron chi connectivity index (χ4n) is 2.42. The molecule has 1 saturated carbocycles. The molecular formula is C15H15N3O3. The summed E-state index contributed by atoms with van der Waals surface area (Å²) in [5.41, 5.74) is 5.09. The van der Waals surface area contributed by atoms with E-state index in [-0.39, 0.29) is 28.5 Å². The van der Waals surface area contributed by atoms with Crippen molar-refractivity contribution in [3.63, 3.8) is 0 Å². The van der Waals surface area contributed by atoms with Gasteiger partial charge in [0.1, 0.15) is 11.6 Å². The first-order valence-corrected chi connectivity index (χ1v) is 6.31. The molecule has 1 aromatic heterocycles. The van der Waals surface area contributed by atoms with Crippen LogP contribution in [-0.2, 0) is 9.59 Å². The van der Waals surface area contributed by atoms with Gasteiger partial charge in [-0.15, -0.1) is 0 Å². The molecule has 108 valence electrons. The third-order valence-electron chi connectivity index (χ3n) is 3.39. The molecule has 1 aromatic carbocycles. The number of benzene rings is 1. The van der Waals surface area contributed by atoms with Gasteiger partial charge in [0, 0.05) is 16.2 Å². The summed E-state index contributed by atoms with van der Waals surface area (Å²) in [4.78, 5) is 41.0. The number of nitrogens with zero attached hydrogens (tertiary/aromatic N) is 2. The van der Waals surface area contributed by atoms with Gasteiger partial charge in [0.15, 0.2) is 5.78 Å². The number of hydrogen-bond donors (Lipinski definition) is 1. The lowest BCUT2D eigenvalue weighted by Gasteiger charge is -2.24. The molecule has 6 nitrogen and oxygen atoms in total. The van der Waals surface area contributed by atoms with Gasteiger partial charge in [-0.3, -0.25) is 19.0 Å². The van der Waals surface area contributed by atoms with Gasteiger partial charge in [-0.1, -0.05) is 6.07 Å². The molecule has 2 aromatic rings. The topological polar surface area (TPSA) is 95.0 Å². The van der Waals surface area contributed by atoms with Gasteiger partial charge < -0.3 is 5.73 Å². The van der Waals surface area contributed by atoms with Crippen LogP contribution in [0.25, 0.3) is 10.9 Å². The number of ketones is 2. The Bertz CT molecular complexity index is 971. The third kappa shape index (κ3) is 2.12. The van der Waals surface area contributed by atoms with Crippen LogP contribution < -0.4 is 11.3 Å². The third-order valence-corrected chi connectivity index (χ3v) is 3.39. The second kappa shape index (κ2) is 4.80. The number of aryl methyl sites for hydroxylation is 1. The first-order chi connectivity index (χ1) is 11.7. The van der Waals surface area contributed by atoms with E-state index in [4.69, 9.17) is 11.2 Å². The van der Waals surface area contributed by atoms with Crippen LogP contribution in [-0.4, -0.2) is 21.1 Å². The molecule has 21 heavy (non-hydrogen) atoms. The van der Waals surface area contributed by atoms with Crippen LogP contribution >= 0.6 is 0 Å². The lowest BCUT2D eigenvalue weighted by molar-refractivity contribution is -0.132. The number of Topliss-reactive ketones (excluding diaryl/α,β-unsaturated/α-hetero) is 2. The quantitative estimate of drug-likeness (QED) is 0.627. The molecule has 0 aliphatic heterocycles. The molecule has 3 rings (SSSR count). The predicted molar refractivity (Wildman–Crippen MR) is 78.1 cm³/mol. The van der Waals surface area contributed by atoms with E-state index in [9.17, 15) is 14.4 Å². The van der Waals surface area contributed by atoms with E-state index in [2.05, 4.69) is 4.98 Å². The summed E-state index contributed by atoms with van der Waals surface area (Å²) in [6, 6.07) is 1.12. The van der Waals surface area contributed by atoms with Crippen LogP contribution in [0, 0.1) is 6.90 Å². The maximum Gasteiger partial charge on any atom is 0.264 e. The molecule has 0 radical (unpaired) electrons. The number of carbonyl (C=O) groups excluding carboxylic acids is 2. The molecule has 1 aliphatic rings. The zero-order chi connectivity index (χ0) is 18.5. The standard InChI is InChI=1S/C15H15N3O3/c1-8-17-11-4-2-3-10(16)14(11)15(21)18(8)12-6-5-9(19)7-13(12)20/h2-4,12H,5-7,16H2,1H3/i1D,4D,6D2. The van der Waals surface area contributed by atoms with Crippen LogP contribution in [0.5, 0.6) is 0 Å². The second-order valence-corrected chi connectivity index (χ2v) is 4.83. The van der Waals surface area contributed by atoms with Gasteiger partial charge in [0.2, 0.25) is 0 Å². The van der Waals surface area contributed by atoms with Gasteiger partial charge in [-0.2, -0.15) is 0 Å². The number of nitrogens with two attached hydrogens (primary N) is 1. The van der Waals surface area contributed by atoms with Crippen LogP contribution in [0.15, 0.2) is 23.0 Å². The first-order valence-electron chi connectivity index (χ1n) is 8.52. The van der Waals surface area contributed by atoms with Crippen molar-refractivity contribution in [3.05, 3.63) is 34.4 Å². The molecule has 1 unspecified atom stereocenters.